The Morgan fingerprint density at radius 2 is 2.12 bits per heavy atom. The van der Waals surface area contributed by atoms with Gasteiger partial charge in [-0.15, -0.1) is 11.3 Å². The van der Waals surface area contributed by atoms with E-state index in [9.17, 15) is 4.79 Å². The SMILES string of the molecule is CC(C)(CC(N)c1cc(Br)c(Br)s1)C(N)=O. The van der Waals surface area contributed by atoms with E-state index < -0.39 is 5.41 Å². The quantitative estimate of drug-likeness (QED) is 0.855. The fourth-order valence-electron chi connectivity index (χ4n) is 1.30. The topological polar surface area (TPSA) is 69.1 Å². The van der Waals surface area contributed by atoms with Crippen LogP contribution in [-0.4, -0.2) is 5.91 Å². The van der Waals surface area contributed by atoms with Crippen molar-refractivity contribution in [3.8, 4) is 0 Å². The summed E-state index contributed by atoms with van der Waals surface area (Å²) >= 11 is 8.39. The van der Waals surface area contributed by atoms with E-state index in [1.54, 1.807) is 11.3 Å². The predicted octanol–water partition coefficient (Wildman–Crippen LogP) is 3.17. The largest absolute Gasteiger partial charge is 0.369 e. The van der Waals surface area contributed by atoms with Crippen molar-refractivity contribution < 1.29 is 4.79 Å². The fraction of sp³-hybridized carbons (Fsp3) is 0.500. The molecule has 1 heterocycles. The van der Waals surface area contributed by atoms with Crippen LogP contribution in [0.25, 0.3) is 0 Å². The summed E-state index contributed by atoms with van der Waals surface area (Å²) in [5.41, 5.74) is 10.8. The zero-order valence-electron chi connectivity index (χ0n) is 9.09. The Balaban J connectivity index is 2.80. The van der Waals surface area contributed by atoms with Crippen molar-refractivity contribution in [3.05, 3.63) is 19.2 Å². The molecule has 0 spiro atoms. The number of nitrogens with two attached hydrogens (primary N) is 2. The first kappa shape index (κ1) is 14.2. The smallest absolute Gasteiger partial charge is 0.223 e. The van der Waals surface area contributed by atoms with Crippen LogP contribution in [0.5, 0.6) is 0 Å². The maximum Gasteiger partial charge on any atom is 0.223 e. The van der Waals surface area contributed by atoms with E-state index in [1.807, 2.05) is 19.9 Å². The number of primary amides is 1. The van der Waals surface area contributed by atoms with Crippen LogP contribution in [-0.2, 0) is 4.79 Å². The zero-order valence-corrected chi connectivity index (χ0v) is 13.1. The van der Waals surface area contributed by atoms with Gasteiger partial charge in [0.05, 0.1) is 3.79 Å². The number of hydrogen-bond donors (Lipinski definition) is 2. The third-order valence-corrected chi connectivity index (χ3v) is 5.82. The predicted molar refractivity (Wildman–Crippen MR) is 74.2 cm³/mol. The number of thiophene rings is 1. The van der Waals surface area contributed by atoms with E-state index in [4.69, 9.17) is 11.5 Å². The van der Waals surface area contributed by atoms with E-state index in [0.29, 0.717) is 6.42 Å². The second kappa shape index (κ2) is 5.16. The Kier molecular flexibility index (Phi) is 4.57. The number of halogens is 2. The minimum Gasteiger partial charge on any atom is -0.369 e. The third kappa shape index (κ3) is 3.29. The van der Waals surface area contributed by atoms with Crippen LogP contribution >= 0.6 is 43.2 Å². The van der Waals surface area contributed by atoms with Gasteiger partial charge in [-0.2, -0.15) is 0 Å². The maximum absolute atomic E-state index is 11.2. The molecular weight excluding hydrogens is 356 g/mol. The van der Waals surface area contributed by atoms with Crippen molar-refractivity contribution in [1.82, 2.24) is 0 Å². The Morgan fingerprint density at radius 1 is 1.56 bits per heavy atom. The van der Waals surface area contributed by atoms with Gasteiger partial charge in [0.15, 0.2) is 0 Å². The number of carbonyl (C=O) groups is 1. The first-order valence-electron chi connectivity index (χ1n) is 4.74. The number of rotatable bonds is 4. The van der Waals surface area contributed by atoms with Gasteiger partial charge in [0.1, 0.15) is 0 Å². The molecule has 0 bridgehead atoms. The van der Waals surface area contributed by atoms with E-state index in [0.717, 1.165) is 13.1 Å². The molecule has 0 aliphatic carbocycles. The van der Waals surface area contributed by atoms with Gasteiger partial charge >= 0.3 is 0 Å². The average Bonchev–Trinajstić information content (AvgIpc) is 2.46. The van der Waals surface area contributed by atoms with Crippen LogP contribution < -0.4 is 11.5 Å². The summed E-state index contributed by atoms with van der Waals surface area (Å²) in [6, 6.07) is 1.80. The van der Waals surface area contributed by atoms with E-state index in [2.05, 4.69) is 31.9 Å². The minimum absolute atomic E-state index is 0.171. The van der Waals surface area contributed by atoms with Crippen molar-refractivity contribution in [1.29, 1.82) is 0 Å². The zero-order chi connectivity index (χ0) is 12.5. The summed E-state index contributed by atoms with van der Waals surface area (Å²) in [4.78, 5) is 12.2. The van der Waals surface area contributed by atoms with E-state index >= 15 is 0 Å². The van der Waals surface area contributed by atoms with Crippen molar-refractivity contribution in [2.45, 2.75) is 26.3 Å². The Labute approximate surface area is 116 Å². The highest BCUT2D eigenvalue weighted by Gasteiger charge is 2.28. The van der Waals surface area contributed by atoms with Crippen LogP contribution in [0.15, 0.2) is 14.3 Å². The van der Waals surface area contributed by atoms with E-state index in [-0.39, 0.29) is 11.9 Å². The third-order valence-electron chi connectivity index (χ3n) is 2.43. The number of amides is 1. The van der Waals surface area contributed by atoms with Gasteiger partial charge in [0, 0.05) is 20.8 Å². The lowest BCUT2D eigenvalue weighted by Crippen LogP contribution is -2.34. The first-order chi connectivity index (χ1) is 7.24. The van der Waals surface area contributed by atoms with Crippen LogP contribution in [0.4, 0.5) is 0 Å². The van der Waals surface area contributed by atoms with Crippen LogP contribution in [0, 0.1) is 5.41 Å². The molecule has 1 atom stereocenters. The molecule has 0 aliphatic heterocycles. The molecule has 0 aliphatic rings. The summed E-state index contributed by atoms with van der Waals surface area (Å²) in [5, 5.41) is 0. The van der Waals surface area contributed by atoms with E-state index in [1.165, 1.54) is 0 Å². The van der Waals surface area contributed by atoms with Crippen molar-refractivity contribution in [2.24, 2.45) is 16.9 Å². The molecule has 1 rings (SSSR count). The molecule has 0 aromatic carbocycles. The molecule has 0 radical (unpaired) electrons. The highest BCUT2D eigenvalue weighted by molar-refractivity contribution is 9.13. The Hall–Kier alpha value is 0.0900. The molecule has 0 saturated heterocycles. The molecule has 1 amide bonds. The molecule has 16 heavy (non-hydrogen) atoms. The van der Waals surface area contributed by atoms with Gasteiger partial charge in [0.25, 0.3) is 0 Å². The van der Waals surface area contributed by atoms with Crippen molar-refractivity contribution in [3.63, 3.8) is 0 Å². The molecule has 6 heteroatoms. The van der Waals surface area contributed by atoms with Crippen molar-refractivity contribution in [2.75, 3.05) is 0 Å². The first-order valence-corrected chi connectivity index (χ1v) is 7.14. The molecule has 0 saturated carbocycles. The molecule has 1 aromatic rings. The maximum atomic E-state index is 11.2. The lowest BCUT2D eigenvalue weighted by molar-refractivity contribution is -0.126. The van der Waals surface area contributed by atoms with Gasteiger partial charge in [-0.3, -0.25) is 4.79 Å². The molecule has 1 aromatic heterocycles. The van der Waals surface area contributed by atoms with Crippen LogP contribution in [0.3, 0.4) is 0 Å². The standard InChI is InChI=1S/C10H14Br2N2OS/c1-10(2,9(14)15)4-6(13)7-3-5(11)8(12)16-7/h3,6H,4,13H2,1-2H3,(H2,14,15). The average molecular weight is 370 g/mol. The van der Waals surface area contributed by atoms with Crippen molar-refractivity contribution >= 4 is 49.1 Å². The second-order valence-corrected chi connectivity index (χ2v) is 7.59. The molecule has 1 unspecified atom stereocenters. The van der Waals surface area contributed by atoms with Crippen LogP contribution in [0.2, 0.25) is 0 Å². The normalized spacial score (nSPS) is 13.8. The summed E-state index contributed by atoms with van der Waals surface area (Å²) in [6.45, 7) is 3.62. The van der Waals surface area contributed by atoms with Crippen LogP contribution in [0.1, 0.15) is 31.2 Å². The van der Waals surface area contributed by atoms with Gasteiger partial charge in [0.2, 0.25) is 5.91 Å². The molecular formula is C10H14Br2N2OS. The summed E-state index contributed by atoms with van der Waals surface area (Å²) in [6.07, 6.45) is 0.543. The summed E-state index contributed by atoms with van der Waals surface area (Å²) < 4.78 is 2.00. The lowest BCUT2D eigenvalue weighted by Gasteiger charge is -2.23. The van der Waals surface area contributed by atoms with Gasteiger partial charge < -0.3 is 11.5 Å². The van der Waals surface area contributed by atoms with Gasteiger partial charge in [-0.1, -0.05) is 13.8 Å². The minimum atomic E-state index is -0.581. The fourth-order valence-corrected chi connectivity index (χ4v) is 3.39. The summed E-state index contributed by atoms with van der Waals surface area (Å²) in [5.74, 6) is -0.322. The Bertz CT molecular complexity index is 384. The lowest BCUT2D eigenvalue weighted by atomic mass is 9.85. The molecule has 3 nitrogen and oxygen atoms in total. The monoisotopic (exact) mass is 368 g/mol. The second-order valence-electron chi connectivity index (χ2n) is 4.33. The Morgan fingerprint density at radius 3 is 2.50 bits per heavy atom. The summed E-state index contributed by atoms with van der Waals surface area (Å²) in [7, 11) is 0. The molecule has 0 fully saturated rings. The highest BCUT2D eigenvalue weighted by Crippen LogP contribution is 2.38. The molecule has 90 valence electrons. The number of hydrogen-bond acceptors (Lipinski definition) is 3. The van der Waals surface area contributed by atoms with Gasteiger partial charge in [-0.05, 0) is 44.3 Å². The van der Waals surface area contributed by atoms with Gasteiger partial charge in [-0.25, -0.2) is 0 Å². The molecule has 4 N–H and O–H groups in total. The number of carbonyl (C=O) groups excluding carboxylic acids is 1. The highest BCUT2D eigenvalue weighted by atomic mass is 79.9.